The number of carbonyl (C=O) groups is 2. The normalized spacial score (nSPS) is 17.5. The van der Waals surface area contributed by atoms with Crippen molar-refractivity contribution in [2.45, 2.75) is 19.4 Å². The molecule has 0 radical (unpaired) electrons. The van der Waals surface area contributed by atoms with E-state index in [2.05, 4.69) is 15.9 Å². The van der Waals surface area contributed by atoms with Crippen LogP contribution in [-0.4, -0.2) is 16.8 Å². The van der Waals surface area contributed by atoms with E-state index in [4.69, 9.17) is 0 Å². The van der Waals surface area contributed by atoms with Crippen LogP contribution in [0.5, 0.6) is 0 Å². The van der Waals surface area contributed by atoms with E-state index >= 15 is 0 Å². The van der Waals surface area contributed by atoms with Gasteiger partial charge in [-0.2, -0.15) is 0 Å². The Morgan fingerprint density at radius 2 is 1.75 bits per heavy atom. The van der Waals surface area contributed by atoms with E-state index in [1.807, 2.05) is 42.5 Å². The van der Waals surface area contributed by atoms with Gasteiger partial charge in [-0.25, -0.2) is 0 Å². The molecular formula is C19H16BrNO3. The number of ketones is 1. The van der Waals surface area contributed by atoms with Crippen LogP contribution in [0.4, 0.5) is 5.69 Å². The molecule has 24 heavy (non-hydrogen) atoms. The number of aliphatic hydroxyl groups is 1. The molecule has 0 bridgehead atoms. The first-order chi connectivity index (χ1) is 11.5. The quantitative estimate of drug-likeness (QED) is 0.851. The van der Waals surface area contributed by atoms with Crippen molar-refractivity contribution in [3.8, 4) is 0 Å². The molecular weight excluding hydrogens is 370 g/mol. The molecule has 1 N–H and O–H groups in total. The van der Waals surface area contributed by atoms with Crippen molar-refractivity contribution in [1.29, 1.82) is 0 Å². The van der Waals surface area contributed by atoms with Gasteiger partial charge in [0.1, 0.15) is 0 Å². The van der Waals surface area contributed by atoms with Gasteiger partial charge in [0.2, 0.25) is 0 Å². The fraction of sp³-hybridized carbons (Fsp3) is 0.158. The Bertz CT molecular complexity index is 812. The van der Waals surface area contributed by atoms with Gasteiger partial charge in [-0.1, -0.05) is 53.2 Å². The molecule has 1 aliphatic heterocycles. The Hall–Kier alpha value is -2.40. The van der Waals surface area contributed by atoms with Crippen LogP contribution in [0.3, 0.4) is 0 Å². The first-order valence-corrected chi connectivity index (χ1v) is 8.44. The first kappa shape index (κ1) is 16.5. The molecule has 1 amide bonds. The predicted molar refractivity (Wildman–Crippen MR) is 95.8 cm³/mol. The number of nitrogens with zero attached hydrogens (tertiary/aromatic N) is 1. The number of anilines is 1. The molecule has 122 valence electrons. The maximum Gasteiger partial charge on any atom is 0.294 e. The topological polar surface area (TPSA) is 57.6 Å². The van der Waals surface area contributed by atoms with Crippen LogP contribution in [0.2, 0.25) is 0 Å². The number of amides is 1. The summed E-state index contributed by atoms with van der Waals surface area (Å²) in [7, 11) is 0. The highest BCUT2D eigenvalue weighted by Gasteiger charge is 2.43. The van der Waals surface area contributed by atoms with Gasteiger partial charge in [0.05, 0.1) is 11.6 Å². The summed E-state index contributed by atoms with van der Waals surface area (Å²) in [6.45, 7) is 1.72. The van der Waals surface area contributed by atoms with Crippen LogP contribution < -0.4 is 4.90 Å². The number of Topliss-reactive ketones (excluding diaryl/α,β-unsaturated/α-hetero) is 1. The highest BCUT2D eigenvalue weighted by molar-refractivity contribution is 9.10. The summed E-state index contributed by atoms with van der Waals surface area (Å²) >= 11 is 3.37. The zero-order chi connectivity index (χ0) is 17.3. The highest BCUT2D eigenvalue weighted by Crippen LogP contribution is 2.41. The third-order valence-corrected chi connectivity index (χ3v) is 4.58. The molecule has 0 fully saturated rings. The molecule has 1 aliphatic rings. The number of halogens is 1. The Morgan fingerprint density at radius 1 is 1.12 bits per heavy atom. The van der Waals surface area contributed by atoms with Gasteiger partial charge in [-0.05, 0) is 29.8 Å². The second kappa shape index (κ2) is 6.61. The summed E-state index contributed by atoms with van der Waals surface area (Å²) in [4.78, 5) is 26.5. The van der Waals surface area contributed by atoms with Crippen LogP contribution in [0, 0.1) is 0 Å². The Morgan fingerprint density at radius 3 is 2.33 bits per heavy atom. The number of benzene rings is 2. The van der Waals surface area contributed by atoms with E-state index in [1.165, 1.54) is 4.90 Å². The average molecular weight is 386 g/mol. The lowest BCUT2D eigenvalue weighted by molar-refractivity contribution is -0.118. The smallest absolute Gasteiger partial charge is 0.294 e. The number of rotatable bonds is 4. The highest BCUT2D eigenvalue weighted by atomic mass is 79.9. The van der Waals surface area contributed by atoms with E-state index in [0.29, 0.717) is 5.69 Å². The lowest BCUT2D eigenvalue weighted by atomic mass is 9.95. The predicted octanol–water partition coefficient (Wildman–Crippen LogP) is 4.33. The van der Waals surface area contributed by atoms with Gasteiger partial charge in [0, 0.05) is 16.6 Å². The monoisotopic (exact) mass is 385 g/mol. The molecule has 1 heterocycles. The Balaban J connectivity index is 2.16. The van der Waals surface area contributed by atoms with E-state index in [1.54, 1.807) is 19.1 Å². The minimum atomic E-state index is -0.618. The summed E-state index contributed by atoms with van der Waals surface area (Å²) in [6.07, 6.45) is 0.226. The first-order valence-electron chi connectivity index (χ1n) is 7.65. The molecule has 2 aromatic rings. The summed E-state index contributed by atoms with van der Waals surface area (Å²) in [6, 6.07) is 15.9. The molecule has 2 aromatic carbocycles. The fourth-order valence-corrected chi connectivity index (χ4v) is 3.16. The van der Waals surface area contributed by atoms with Gasteiger partial charge >= 0.3 is 0 Å². The minimum Gasteiger partial charge on any atom is -0.503 e. The van der Waals surface area contributed by atoms with Gasteiger partial charge < -0.3 is 5.11 Å². The van der Waals surface area contributed by atoms with Gasteiger partial charge in [0.15, 0.2) is 11.5 Å². The minimum absolute atomic E-state index is 0.164. The van der Waals surface area contributed by atoms with Crippen LogP contribution in [0.25, 0.3) is 0 Å². The van der Waals surface area contributed by atoms with Gasteiger partial charge in [-0.3, -0.25) is 14.5 Å². The molecule has 0 spiro atoms. The lowest BCUT2D eigenvalue weighted by Crippen LogP contribution is -2.30. The van der Waals surface area contributed by atoms with Crippen LogP contribution >= 0.6 is 15.9 Å². The standard InChI is InChI=1S/C19H16BrNO3/c1-2-15(22)16-17(12-6-4-3-5-7-12)21(19(24)18(16)23)14-10-8-13(20)9-11-14/h3-11,17,23H,2H2,1H3. The van der Waals surface area contributed by atoms with E-state index in [-0.39, 0.29) is 17.8 Å². The molecule has 3 rings (SSSR count). The summed E-state index contributed by atoms with van der Waals surface area (Å²) < 4.78 is 0.885. The Labute approximate surface area is 148 Å². The van der Waals surface area contributed by atoms with Crippen molar-refractivity contribution in [3.63, 3.8) is 0 Å². The van der Waals surface area contributed by atoms with Crippen molar-refractivity contribution in [1.82, 2.24) is 0 Å². The van der Waals surface area contributed by atoms with E-state index in [0.717, 1.165) is 10.0 Å². The Kier molecular flexibility index (Phi) is 4.53. The molecule has 4 nitrogen and oxygen atoms in total. The maximum absolute atomic E-state index is 12.7. The zero-order valence-corrected chi connectivity index (χ0v) is 14.7. The van der Waals surface area contributed by atoms with Crippen LogP contribution in [0.15, 0.2) is 70.4 Å². The van der Waals surface area contributed by atoms with Crippen molar-refractivity contribution in [2.75, 3.05) is 4.90 Å². The maximum atomic E-state index is 12.7. The third kappa shape index (κ3) is 2.76. The van der Waals surface area contributed by atoms with E-state index < -0.39 is 17.7 Å². The zero-order valence-electron chi connectivity index (χ0n) is 13.1. The van der Waals surface area contributed by atoms with Crippen LogP contribution in [0.1, 0.15) is 24.9 Å². The largest absolute Gasteiger partial charge is 0.503 e. The molecule has 1 atom stereocenters. The van der Waals surface area contributed by atoms with Crippen molar-refractivity contribution < 1.29 is 14.7 Å². The fourth-order valence-electron chi connectivity index (χ4n) is 2.90. The number of carbonyl (C=O) groups excluding carboxylic acids is 2. The summed E-state index contributed by atoms with van der Waals surface area (Å²) in [5.74, 6) is -1.24. The molecule has 1 unspecified atom stereocenters. The number of hydrogen-bond donors (Lipinski definition) is 1. The second-order valence-electron chi connectivity index (χ2n) is 5.50. The molecule has 0 aliphatic carbocycles. The third-order valence-electron chi connectivity index (χ3n) is 4.05. The summed E-state index contributed by atoms with van der Waals surface area (Å²) in [5.41, 5.74) is 1.58. The molecule has 5 heteroatoms. The van der Waals surface area contributed by atoms with Crippen molar-refractivity contribution in [2.24, 2.45) is 0 Å². The van der Waals surface area contributed by atoms with Crippen molar-refractivity contribution in [3.05, 3.63) is 76.0 Å². The van der Waals surface area contributed by atoms with Crippen molar-refractivity contribution >= 4 is 33.3 Å². The molecule has 0 saturated heterocycles. The van der Waals surface area contributed by atoms with E-state index in [9.17, 15) is 14.7 Å². The van der Waals surface area contributed by atoms with Gasteiger partial charge in [0.25, 0.3) is 5.91 Å². The average Bonchev–Trinajstić information content (AvgIpc) is 2.87. The van der Waals surface area contributed by atoms with Gasteiger partial charge in [-0.15, -0.1) is 0 Å². The SMILES string of the molecule is CCC(=O)C1=C(O)C(=O)N(c2ccc(Br)cc2)C1c1ccccc1. The molecule has 0 aromatic heterocycles. The molecule has 0 saturated carbocycles. The lowest BCUT2D eigenvalue weighted by Gasteiger charge is -2.27. The van der Waals surface area contributed by atoms with Crippen LogP contribution in [-0.2, 0) is 9.59 Å². The summed E-state index contributed by atoms with van der Waals surface area (Å²) in [5, 5.41) is 10.3. The number of hydrogen-bond acceptors (Lipinski definition) is 3. The number of aliphatic hydroxyl groups excluding tert-OH is 1. The second-order valence-corrected chi connectivity index (χ2v) is 6.42.